The molecule has 0 spiro atoms. The van der Waals surface area contributed by atoms with Crippen LogP contribution < -0.4 is 0 Å². The molecule has 0 bridgehead atoms. The average Bonchev–Trinajstić information content (AvgIpc) is 3.02. The van der Waals surface area contributed by atoms with Gasteiger partial charge in [-0.05, 0) is 50.6 Å². The molecule has 3 nitrogen and oxygen atoms in total. The summed E-state index contributed by atoms with van der Waals surface area (Å²) < 4.78 is 8.74. The molecule has 0 amide bonds. The third-order valence-corrected chi connectivity index (χ3v) is 12.8. The van der Waals surface area contributed by atoms with Gasteiger partial charge in [0.15, 0.2) is 0 Å². The molecule has 168 valence electrons. The van der Waals surface area contributed by atoms with Gasteiger partial charge in [-0.1, -0.05) is 76.7 Å². The number of carbonyl (C=O) groups excluding carboxylic acids is 1. The van der Waals surface area contributed by atoms with Gasteiger partial charge in [-0.15, -0.1) is 6.58 Å². The summed E-state index contributed by atoms with van der Waals surface area (Å²) in [5, 5.41) is 0.186. The van der Waals surface area contributed by atoms with E-state index < -0.39 is 19.3 Å². The number of hydrogen-bond acceptors (Lipinski definition) is 3. The molecule has 0 radical (unpaired) electrons. The number of esters is 1. The molecule has 0 aromatic heterocycles. The van der Waals surface area contributed by atoms with E-state index in [1.165, 1.54) is 5.56 Å². The lowest BCUT2D eigenvalue weighted by Gasteiger charge is -2.52. The Kier molecular flexibility index (Phi) is 7.46. The molecule has 0 aliphatic heterocycles. The van der Waals surface area contributed by atoms with Crippen molar-refractivity contribution in [3.05, 3.63) is 48.6 Å². The summed E-state index contributed by atoms with van der Waals surface area (Å²) >= 11 is 0. The van der Waals surface area contributed by atoms with Crippen LogP contribution in [0.15, 0.2) is 43.0 Å². The van der Waals surface area contributed by atoms with Gasteiger partial charge in [0.05, 0.1) is 5.41 Å². The van der Waals surface area contributed by atoms with E-state index in [2.05, 4.69) is 69.3 Å². The zero-order chi connectivity index (χ0) is 22.8. The molecule has 1 saturated carbocycles. The molecule has 4 heteroatoms. The SMILES string of the molecule is C=CCN([C@H]1CCC[C@@]1(Cc1ccccc1)C(=O)OC(C)(C)C)[Si](C)(C)C(C)(C)C. The van der Waals surface area contributed by atoms with Crippen molar-refractivity contribution in [3.63, 3.8) is 0 Å². The van der Waals surface area contributed by atoms with Crippen LogP contribution in [0.3, 0.4) is 0 Å². The second-order valence-electron chi connectivity index (χ2n) is 11.5. The molecule has 30 heavy (non-hydrogen) atoms. The van der Waals surface area contributed by atoms with Crippen molar-refractivity contribution >= 4 is 14.2 Å². The van der Waals surface area contributed by atoms with Crippen LogP contribution >= 0.6 is 0 Å². The van der Waals surface area contributed by atoms with E-state index in [9.17, 15) is 4.79 Å². The maximum absolute atomic E-state index is 13.8. The van der Waals surface area contributed by atoms with Crippen molar-refractivity contribution in [1.29, 1.82) is 0 Å². The molecule has 1 fully saturated rings. The topological polar surface area (TPSA) is 29.5 Å². The largest absolute Gasteiger partial charge is 0.459 e. The van der Waals surface area contributed by atoms with E-state index in [-0.39, 0.29) is 17.0 Å². The first kappa shape index (κ1) is 24.9. The molecule has 0 N–H and O–H groups in total. The van der Waals surface area contributed by atoms with E-state index in [1.54, 1.807) is 0 Å². The summed E-state index contributed by atoms with van der Waals surface area (Å²) in [7, 11) is -1.88. The molecule has 2 rings (SSSR count). The molecular formula is C26H43NO2Si. The Morgan fingerprint density at radius 1 is 1.20 bits per heavy atom. The molecule has 0 saturated heterocycles. The van der Waals surface area contributed by atoms with Gasteiger partial charge >= 0.3 is 5.97 Å². The summed E-state index contributed by atoms with van der Waals surface area (Å²) in [6.07, 6.45) is 5.71. The van der Waals surface area contributed by atoms with Crippen LogP contribution in [0.2, 0.25) is 18.1 Å². The minimum Gasteiger partial charge on any atom is -0.459 e. The van der Waals surface area contributed by atoms with Crippen LogP contribution in [0.4, 0.5) is 0 Å². The van der Waals surface area contributed by atoms with Crippen LogP contribution in [-0.2, 0) is 16.0 Å². The Hall–Kier alpha value is -1.39. The molecule has 1 aliphatic rings. The fourth-order valence-corrected chi connectivity index (χ4v) is 7.28. The third kappa shape index (κ3) is 5.26. The van der Waals surface area contributed by atoms with Gasteiger partial charge in [-0.2, -0.15) is 0 Å². The highest BCUT2D eigenvalue weighted by Gasteiger charge is 2.56. The quantitative estimate of drug-likeness (QED) is 0.278. The van der Waals surface area contributed by atoms with E-state index >= 15 is 0 Å². The van der Waals surface area contributed by atoms with Gasteiger partial charge in [0.1, 0.15) is 13.8 Å². The van der Waals surface area contributed by atoms with Gasteiger partial charge in [-0.25, -0.2) is 0 Å². The molecule has 2 atom stereocenters. The second-order valence-corrected chi connectivity index (χ2v) is 16.7. The van der Waals surface area contributed by atoms with E-state index in [0.717, 1.165) is 32.2 Å². The van der Waals surface area contributed by atoms with Gasteiger partial charge < -0.3 is 9.30 Å². The summed E-state index contributed by atoms with van der Waals surface area (Å²) in [6.45, 7) is 22.7. The minimum absolute atomic E-state index is 0.0332. The van der Waals surface area contributed by atoms with Crippen molar-refractivity contribution < 1.29 is 9.53 Å². The monoisotopic (exact) mass is 429 g/mol. The highest BCUT2D eigenvalue weighted by atomic mass is 28.3. The Morgan fingerprint density at radius 2 is 1.80 bits per heavy atom. The number of carbonyl (C=O) groups is 1. The summed E-state index contributed by atoms with van der Waals surface area (Å²) in [5.41, 5.74) is 0.199. The fraction of sp³-hybridized carbons (Fsp3) is 0.654. The number of rotatable bonds is 7. The summed E-state index contributed by atoms with van der Waals surface area (Å²) in [6, 6.07) is 10.6. The normalized spacial score (nSPS) is 22.9. The molecule has 1 aromatic carbocycles. The molecule has 1 aliphatic carbocycles. The summed E-state index contributed by atoms with van der Waals surface area (Å²) in [4.78, 5) is 13.8. The smallest absolute Gasteiger partial charge is 0.314 e. The first-order chi connectivity index (χ1) is 13.7. The molecule has 0 unspecified atom stereocenters. The van der Waals surface area contributed by atoms with Crippen LogP contribution in [0.5, 0.6) is 0 Å². The van der Waals surface area contributed by atoms with Gasteiger partial charge in [0, 0.05) is 12.6 Å². The predicted octanol–water partition coefficient (Wildman–Crippen LogP) is 6.60. The van der Waals surface area contributed by atoms with Crippen LogP contribution in [0, 0.1) is 5.41 Å². The number of nitrogens with zero attached hydrogens (tertiary/aromatic N) is 1. The number of benzene rings is 1. The van der Waals surface area contributed by atoms with E-state index in [0.29, 0.717) is 0 Å². The molecule has 0 heterocycles. The second kappa shape index (κ2) is 9.00. The van der Waals surface area contributed by atoms with E-state index in [4.69, 9.17) is 4.74 Å². The zero-order valence-electron chi connectivity index (χ0n) is 20.5. The van der Waals surface area contributed by atoms with Crippen molar-refractivity contribution in [2.24, 2.45) is 5.41 Å². The zero-order valence-corrected chi connectivity index (χ0v) is 21.5. The first-order valence-electron chi connectivity index (χ1n) is 11.4. The minimum atomic E-state index is -1.88. The van der Waals surface area contributed by atoms with Crippen LogP contribution in [-0.4, -0.2) is 37.0 Å². The first-order valence-corrected chi connectivity index (χ1v) is 14.3. The fourth-order valence-electron chi connectivity index (χ4n) is 4.68. The van der Waals surface area contributed by atoms with Crippen molar-refractivity contribution in [1.82, 2.24) is 4.57 Å². The Bertz CT molecular complexity index is 730. The number of hydrogen-bond donors (Lipinski definition) is 0. The standard InChI is InChI=1S/C26H43NO2Si/c1-10-19-27(30(8,9)25(5,6)7)22-17-14-18-26(22,23(28)29-24(2,3)4)20-21-15-12-11-13-16-21/h10-13,15-16,22H,1,14,17-20H2,2-9H3/t22-,26-/m0/s1. The Labute approximate surface area is 186 Å². The Balaban J connectivity index is 2.57. The Morgan fingerprint density at radius 3 is 2.30 bits per heavy atom. The molecule has 1 aromatic rings. The van der Waals surface area contributed by atoms with E-state index in [1.807, 2.05) is 32.9 Å². The van der Waals surface area contributed by atoms with Crippen LogP contribution in [0.25, 0.3) is 0 Å². The van der Waals surface area contributed by atoms with Gasteiger partial charge in [-0.3, -0.25) is 4.79 Å². The predicted molar refractivity (Wildman–Crippen MR) is 130 cm³/mol. The average molecular weight is 430 g/mol. The summed E-state index contributed by atoms with van der Waals surface area (Å²) in [5.74, 6) is -0.0332. The lowest BCUT2D eigenvalue weighted by Crippen LogP contribution is -2.63. The van der Waals surface area contributed by atoms with Crippen molar-refractivity contribution in [2.75, 3.05) is 6.54 Å². The maximum atomic E-state index is 13.8. The van der Waals surface area contributed by atoms with Crippen molar-refractivity contribution in [2.45, 2.75) is 97.0 Å². The maximum Gasteiger partial charge on any atom is 0.314 e. The molecular weight excluding hydrogens is 386 g/mol. The van der Waals surface area contributed by atoms with Crippen LogP contribution in [0.1, 0.15) is 66.4 Å². The van der Waals surface area contributed by atoms with Gasteiger partial charge in [0.25, 0.3) is 0 Å². The van der Waals surface area contributed by atoms with Crippen molar-refractivity contribution in [3.8, 4) is 0 Å². The lowest BCUT2D eigenvalue weighted by atomic mass is 9.76. The number of ether oxygens (including phenoxy) is 1. The highest BCUT2D eigenvalue weighted by molar-refractivity contribution is 6.77. The van der Waals surface area contributed by atoms with Gasteiger partial charge in [0.2, 0.25) is 0 Å². The lowest BCUT2D eigenvalue weighted by molar-refractivity contribution is -0.170. The highest BCUT2D eigenvalue weighted by Crippen LogP contribution is 2.50. The third-order valence-electron chi connectivity index (χ3n) is 7.16.